The van der Waals surface area contributed by atoms with Gasteiger partial charge in [0.15, 0.2) is 0 Å². The van der Waals surface area contributed by atoms with Crippen LogP contribution in [0.4, 0.5) is 0 Å². The largest absolute Gasteiger partial charge is 0.391 e. The fraction of sp³-hybridized carbons (Fsp3) is 0.417. The average Bonchev–Trinajstić information content (AvgIpc) is 2.26. The minimum atomic E-state index is -0.525. The molecule has 0 unspecified atom stereocenters. The number of nitrogens with one attached hydrogen (secondary N) is 1. The van der Waals surface area contributed by atoms with Gasteiger partial charge in [-0.1, -0.05) is 25.1 Å². The predicted octanol–water partition coefficient (Wildman–Crippen LogP) is 1.58. The van der Waals surface area contributed by atoms with E-state index in [1.54, 1.807) is 19.1 Å². The summed E-state index contributed by atoms with van der Waals surface area (Å²) in [6.45, 7) is 3.61. The Hall–Kier alpha value is -1.35. The van der Waals surface area contributed by atoms with Crippen molar-refractivity contribution < 1.29 is 9.90 Å². The Bertz CT molecular complexity index is 309. The molecule has 0 aromatic heterocycles. The molecule has 0 aliphatic carbocycles. The maximum absolute atomic E-state index is 11.7. The summed E-state index contributed by atoms with van der Waals surface area (Å²) in [7, 11) is 0. The molecule has 15 heavy (non-hydrogen) atoms. The van der Waals surface area contributed by atoms with Gasteiger partial charge < -0.3 is 10.4 Å². The Morgan fingerprint density at radius 2 is 2.00 bits per heavy atom. The molecule has 1 aromatic rings. The van der Waals surface area contributed by atoms with Crippen molar-refractivity contribution in [1.29, 1.82) is 0 Å². The summed E-state index contributed by atoms with van der Waals surface area (Å²) in [4.78, 5) is 11.7. The highest BCUT2D eigenvalue weighted by atomic mass is 16.3. The van der Waals surface area contributed by atoms with Gasteiger partial charge in [0, 0.05) is 5.56 Å². The Morgan fingerprint density at radius 1 is 1.40 bits per heavy atom. The molecule has 0 heterocycles. The Balaban J connectivity index is 2.63. The van der Waals surface area contributed by atoms with E-state index in [1.807, 2.05) is 25.1 Å². The molecule has 3 nitrogen and oxygen atoms in total. The van der Waals surface area contributed by atoms with Crippen LogP contribution in [0.5, 0.6) is 0 Å². The minimum Gasteiger partial charge on any atom is -0.391 e. The van der Waals surface area contributed by atoms with Gasteiger partial charge in [-0.3, -0.25) is 4.79 Å². The summed E-state index contributed by atoms with van der Waals surface area (Å²) in [6.07, 6.45) is 0.193. The summed E-state index contributed by atoms with van der Waals surface area (Å²) >= 11 is 0. The molecule has 1 rings (SSSR count). The molecule has 1 amide bonds. The molecular weight excluding hydrogens is 190 g/mol. The number of rotatable bonds is 4. The van der Waals surface area contributed by atoms with Crippen molar-refractivity contribution in [2.24, 2.45) is 0 Å². The van der Waals surface area contributed by atoms with Crippen LogP contribution in [-0.2, 0) is 0 Å². The second-order valence-corrected chi connectivity index (χ2v) is 3.59. The number of carbonyl (C=O) groups excluding carboxylic acids is 1. The zero-order valence-corrected chi connectivity index (χ0v) is 9.10. The van der Waals surface area contributed by atoms with Crippen LogP contribution in [0.25, 0.3) is 0 Å². The van der Waals surface area contributed by atoms with Gasteiger partial charge in [-0.25, -0.2) is 0 Å². The van der Waals surface area contributed by atoms with Gasteiger partial charge in [0.2, 0.25) is 0 Å². The van der Waals surface area contributed by atoms with Crippen LogP contribution in [0.1, 0.15) is 30.6 Å². The van der Waals surface area contributed by atoms with Crippen LogP contribution in [0, 0.1) is 0 Å². The Morgan fingerprint density at radius 3 is 2.47 bits per heavy atom. The van der Waals surface area contributed by atoms with E-state index in [1.165, 1.54) is 0 Å². The van der Waals surface area contributed by atoms with Crippen LogP contribution in [0.3, 0.4) is 0 Å². The van der Waals surface area contributed by atoms with Gasteiger partial charge >= 0.3 is 0 Å². The highest BCUT2D eigenvalue weighted by molar-refractivity contribution is 5.94. The zero-order valence-electron chi connectivity index (χ0n) is 9.10. The first kappa shape index (κ1) is 11.7. The maximum Gasteiger partial charge on any atom is 0.251 e. The monoisotopic (exact) mass is 207 g/mol. The van der Waals surface area contributed by atoms with Crippen molar-refractivity contribution >= 4 is 5.91 Å². The second-order valence-electron chi connectivity index (χ2n) is 3.59. The number of aliphatic hydroxyl groups excluding tert-OH is 1. The fourth-order valence-corrected chi connectivity index (χ4v) is 1.41. The molecule has 0 aliphatic rings. The van der Waals surface area contributed by atoms with Crippen molar-refractivity contribution in [3.8, 4) is 0 Å². The molecule has 82 valence electrons. The maximum atomic E-state index is 11.7. The molecule has 0 bridgehead atoms. The normalized spacial score (nSPS) is 14.3. The summed E-state index contributed by atoms with van der Waals surface area (Å²) < 4.78 is 0. The molecule has 0 saturated heterocycles. The van der Waals surface area contributed by atoms with E-state index in [-0.39, 0.29) is 11.9 Å². The van der Waals surface area contributed by atoms with Gasteiger partial charge in [-0.2, -0.15) is 0 Å². The van der Waals surface area contributed by atoms with E-state index in [9.17, 15) is 9.90 Å². The minimum absolute atomic E-state index is 0.136. The Labute approximate surface area is 90.1 Å². The average molecular weight is 207 g/mol. The fourth-order valence-electron chi connectivity index (χ4n) is 1.41. The lowest BCUT2D eigenvalue weighted by atomic mass is 10.1. The summed E-state index contributed by atoms with van der Waals surface area (Å²) in [5.74, 6) is -0.136. The second kappa shape index (κ2) is 5.51. The van der Waals surface area contributed by atoms with Crippen LogP contribution in [-0.4, -0.2) is 23.2 Å². The molecule has 0 spiro atoms. The van der Waals surface area contributed by atoms with Gasteiger partial charge in [0.1, 0.15) is 0 Å². The number of hydrogen-bond acceptors (Lipinski definition) is 2. The van der Waals surface area contributed by atoms with E-state index >= 15 is 0 Å². The first-order valence-corrected chi connectivity index (χ1v) is 5.19. The molecule has 0 aliphatic heterocycles. The van der Waals surface area contributed by atoms with E-state index < -0.39 is 6.10 Å². The van der Waals surface area contributed by atoms with E-state index in [2.05, 4.69) is 5.32 Å². The molecule has 2 atom stereocenters. The van der Waals surface area contributed by atoms with Gasteiger partial charge in [0.25, 0.3) is 5.91 Å². The zero-order chi connectivity index (χ0) is 11.3. The molecule has 2 N–H and O–H groups in total. The number of carbonyl (C=O) groups is 1. The first-order valence-electron chi connectivity index (χ1n) is 5.19. The molecule has 1 aromatic carbocycles. The van der Waals surface area contributed by atoms with Crippen molar-refractivity contribution in [3.63, 3.8) is 0 Å². The number of aliphatic hydroxyl groups is 1. The Kier molecular flexibility index (Phi) is 4.31. The van der Waals surface area contributed by atoms with Gasteiger partial charge in [0.05, 0.1) is 12.1 Å². The summed E-state index contributed by atoms with van der Waals surface area (Å²) in [6, 6.07) is 8.82. The van der Waals surface area contributed by atoms with Gasteiger partial charge in [-0.15, -0.1) is 0 Å². The third kappa shape index (κ3) is 3.36. The standard InChI is InChI=1S/C12H17NO2/c1-3-11(9(2)14)13-12(15)10-7-5-4-6-8-10/h4-9,11,14H,3H2,1-2H3,(H,13,15)/t9-,11-/m0/s1. The van der Waals surface area contributed by atoms with E-state index in [0.717, 1.165) is 6.42 Å². The topological polar surface area (TPSA) is 49.3 Å². The van der Waals surface area contributed by atoms with Crippen molar-refractivity contribution in [2.75, 3.05) is 0 Å². The first-order chi connectivity index (χ1) is 7.15. The smallest absolute Gasteiger partial charge is 0.251 e. The van der Waals surface area contributed by atoms with E-state index in [4.69, 9.17) is 0 Å². The number of hydrogen-bond donors (Lipinski definition) is 2. The molecule has 3 heteroatoms. The lowest BCUT2D eigenvalue weighted by molar-refractivity contribution is 0.0855. The lowest BCUT2D eigenvalue weighted by Gasteiger charge is -2.19. The van der Waals surface area contributed by atoms with Gasteiger partial charge in [-0.05, 0) is 25.5 Å². The highest BCUT2D eigenvalue weighted by Crippen LogP contribution is 2.02. The molecule has 0 radical (unpaired) electrons. The third-order valence-corrected chi connectivity index (χ3v) is 2.37. The van der Waals surface area contributed by atoms with Crippen LogP contribution < -0.4 is 5.32 Å². The third-order valence-electron chi connectivity index (χ3n) is 2.37. The number of amides is 1. The van der Waals surface area contributed by atoms with Crippen LogP contribution >= 0.6 is 0 Å². The number of benzene rings is 1. The summed E-state index contributed by atoms with van der Waals surface area (Å²) in [5.41, 5.74) is 0.622. The molecular formula is C12H17NO2. The van der Waals surface area contributed by atoms with Crippen LogP contribution in [0.15, 0.2) is 30.3 Å². The predicted molar refractivity (Wildman–Crippen MR) is 59.7 cm³/mol. The van der Waals surface area contributed by atoms with Crippen molar-refractivity contribution in [1.82, 2.24) is 5.32 Å². The van der Waals surface area contributed by atoms with Crippen molar-refractivity contribution in [2.45, 2.75) is 32.4 Å². The van der Waals surface area contributed by atoms with Crippen molar-refractivity contribution in [3.05, 3.63) is 35.9 Å². The molecule has 0 fully saturated rings. The van der Waals surface area contributed by atoms with Crippen LogP contribution in [0.2, 0.25) is 0 Å². The van der Waals surface area contributed by atoms with E-state index in [0.29, 0.717) is 5.56 Å². The lowest BCUT2D eigenvalue weighted by Crippen LogP contribution is -2.41. The molecule has 0 saturated carbocycles. The SMILES string of the molecule is CC[C@H](NC(=O)c1ccccc1)[C@H](C)O. The summed E-state index contributed by atoms with van der Waals surface area (Å²) in [5, 5.41) is 12.2. The highest BCUT2D eigenvalue weighted by Gasteiger charge is 2.15. The quantitative estimate of drug-likeness (QED) is 0.787.